The predicted octanol–water partition coefficient (Wildman–Crippen LogP) is 3.78. The summed E-state index contributed by atoms with van der Waals surface area (Å²) in [5.74, 6) is 2.88. The van der Waals surface area contributed by atoms with Gasteiger partial charge in [-0.25, -0.2) is 9.97 Å². The third kappa shape index (κ3) is 4.21. The van der Waals surface area contributed by atoms with Crippen molar-refractivity contribution in [2.75, 3.05) is 25.1 Å². The highest BCUT2D eigenvalue weighted by Crippen LogP contribution is 2.35. The van der Waals surface area contributed by atoms with Crippen molar-refractivity contribution in [2.24, 2.45) is 5.92 Å². The third-order valence-electron chi connectivity index (χ3n) is 7.42. The Morgan fingerprint density at radius 1 is 1.12 bits per heavy atom. The summed E-state index contributed by atoms with van der Waals surface area (Å²) in [6.45, 7) is 3.89. The molecule has 1 saturated carbocycles. The Bertz CT molecular complexity index is 1060. The van der Waals surface area contributed by atoms with Gasteiger partial charge in [-0.1, -0.05) is 31.0 Å². The van der Waals surface area contributed by atoms with Crippen LogP contribution in [-0.4, -0.2) is 46.9 Å². The largest absolute Gasteiger partial charge is 0.496 e. The minimum atomic E-state index is 0.0344. The Labute approximate surface area is 195 Å². The van der Waals surface area contributed by atoms with Crippen molar-refractivity contribution in [3.05, 3.63) is 46.9 Å². The summed E-state index contributed by atoms with van der Waals surface area (Å²) in [6.07, 6.45) is 6.63. The van der Waals surface area contributed by atoms with Gasteiger partial charge in [0.15, 0.2) is 0 Å². The number of likely N-dealkylation sites (tertiary alicyclic amines) is 1. The van der Waals surface area contributed by atoms with E-state index in [2.05, 4.69) is 0 Å². The molecule has 7 heteroatoms. The van der Waals surface area contributed by atoms with Crippen molar-refractivity contribution in [3.63, 3.8) is 0 Å². The summed E-state index contributed by atoms with van der Waals surface area (Å²) in [6, 6.07) is 7.76. The van der Waals surface area contributed by atoms with Gasteiger partial charge in [-0.3, -0.25) is 14.5 Å². The van der Waals surface area contributed by atoms with Gasteiger partial charge in [-0.2, -0.15) is 0 Å². The van der Waals surface area contributed by atoms with Crippen molar-refractivity contribution in [1.29, 1.82) is 0 Å². The number of hydrogen-bond donors (Lipinski definition) is 0. The number of hydrogen-bond acceptors (Lipinski definition) is 5. The number of para-hydroxylation sites is 1. The van der Waals surface area contributed by atoms with Crippen molar-refractivity contribution < 1.29 is 14.3 Å². The number of fused-ring (bicyclic) bond motifs is 1. The summed E-state index contributed by atoms with van der Waals surface area (Å²) < 4.78 is 5.49. The van der Waals surface area contributed by atoms with Crippen molar-refractivity contribution in [3.8, 4) is 5.75 Å². The molecule has 3 aliphatic rings. The van der Waals surface area contributed by atoms with Crippen LogP contribution in [0.3, 0.4) is 0 Å². The lowest BCUT2D eigenvalue weighted by Crippen LogP contribution is -2.42. The Morgan fingerprint density at radius 3 is 2.70 bits per heavy atom. The van der Waals surface area contributed by atoms with Gasteiger partial charge < -0.3 is 9.64 Å². The number of piperidine rings is 1. The van der Waals surface area contributed by atoms with Crippen molar-refractivity contribution >= 4 is 17.6 Å². The molecular weight excluding hydrogens is 416 g/mol. The van der Waals surface area contributed by atoms with E-state index in [1.165, 1.54) is 0 Å². The van der Waals surface area contributed by atoms with Crippen LogP contribution in [0.5, 0.6) is 5.75 Å². The molecule has 0 bridgehead atoms. The highest BCUT2D eigenvalue weighted by molar-refractivity contribution is 6.00. The van der Waals surface area contributed by atoms with E-state index in [1.807, 2.05) is 36.1 Å². The second kappa shape index (κ2) is 9.12. The first-order valence-corrected chi connectivity index (χ1v) is 12.1. The lowest BCUT2D eigenvalue weighted by atomic mass is 9.95. The Kier molecular flexibility index (Phi) is 6.04. The fourth-order valence-electron chi connectivity index (χ4n) is 5.57. The van der Waals surface area contributed by atoms with Gasteiger partial charge in [0.1, 0.15) is 17.4 Å². The van der Waals surface area contributed by atoms with E-state index in [-0.39, 0.29) is 17.7 Å². The molecule has 174 valence electrons. The molecule has 0 radical (unpaired) electrons. The van der Waals surface area contributed by atoms with Crippen LogP contribution in [0.25, 0.3) is 0 Å². The van der Waals surface area contributed by atoms with E-state index in [1.54, 1.807) is 12.0 Å². The second-order valence-corrected chi connectivity index (χ2v) is 9.54. The van der Waals surface area contributed by atoms with Gasteiger partial charge in [0, 0.05) is 41.7 Å². The summed E-state index contributed by atoms with van der Waals surface area (Å²) in [7, 11) is 1.64. The number of carbonyl (C=O) groups excluding carboxylic acids is 2. The van der Waals surface area contributed by atoms with Crippen LogP contribution in [0.4, 0.5) is 5.82 Å². The zero-order valence-electron chi connectivity index (χ0n) is 19.5. The van der Waals surface area contributed by atoms with Crippen LogP contribution < -0.4 is 9.64 Å². The van der Waals surface area contributed by atoms with Crippen LogP contribution in [0.1, 0.15) is 67.1 Å². The van der Waals surface area contributed by atoms with Crippen molar-refractivity contribution in [1.82, 2.24) is 14.9 Å². The average Bonchev–Trinajstić information content (AvgIpc) is 3.48. The number of rotatable bonds is 5. The molecule has 2 fully saturated rings. The Morgan fingerprint density at radius 2 is 1.91 bits per heavy atom. The molecule has 1 aromatic carbocycles. The zero-order valence-corrected chi connectivity index (χ0v) is 19.5. The molecule has 1 saturated heterocycles. The molecule has 5 rings (SSSR count). The normalized spacial score (nSPS) is 20.9. The highest BCUT2D eigenvalue weighted by Gasteiger charge is 2.35. The molecule has 0 N–H and O–H groups in total. The van der Waals surface area contributed by atoms with Crippen LogP contribution in [-0.2, 0) is 22.6 Å². The van der Waals surface area contributed by atoms with Crippen LogP contribution in [0, 0.1) is 12.8 Å². The minimum absolute atomic E-state index is 0.0344. The van der Waals surface area contributed by atoms with Gasteiger partial charge in [0.2, 0.25) is 11.8 Å². The number of aryl methyl sites for hydroxylation is 1. The molecule has 1 aliphatic carbocycles. The maximum atomic E-state index is 13.0. The van der Waals surface area contributed by atoms with E-state index in [4.69, 9.17) is 14.7 Å². The topological polar surface area (TPSA) is 75.6 Å². The molecule has 2 aromatic rings. The first kappa shape index (κ1) is 21.9. The molecule has 7 nitrogen and oxygen atoms in total. The summed E-state index contributed by atoms with van der Waals surface area (Å²) >= 11 is 0. The predicted molar refractivity (Wildman–Crippen MR) is 125 cm³/mol. The van der Waals surface area contributed by atoms with Crippen molar-refractivity contribution in [2.45, 2.75) is 64.3 Å². The Hall–Kier alpha value is -2.96. The van der Waals surface area contributed by atoms with Gasteiger partial charge >= 0.3 is 0 Å². The van der Waals surface area contributed by atoms with E-state index in [0.29, 0.717) is 31.2 Å². The number of anilines is 1. The monoisotopic (exact) mass is 448 g/mol. The fourth-order valence-corrected chi connectivity index (χ4v) is 5.57. The van der Waals surface area contributed by atoms with Gasteiger partial charge in [-0.05, 0) is 38.7 Å². The van der Waals surface area contributed by atoms with E-state index in [9.17, 15) is 9.59 Å². The summed E-state index contributed by atoms with van der Waals surface area (Å²) in [5.41, 5.74) is 2.73. The lowest BCUT2D eigenvalue weighted by Gasteiger charge is -2.34. The third-order valence-corrected chi connectivity index (χ3v) is 7.42. The standard InChI is InChI=1S/C26H32N4O3/c1-17-21-14-23(31)30(16-19-10-5-6-12-22(19)33-2)25(21)28-24(27-17)20-11-7-13-29(15-20)26(32)18-8-3-4-9-18/h5-6,10,12,18,20H,3-4,7-9,11,13-16H2,1-2H3/t20-/m0/s1. The molecule has 1 aromatic heterocycles. The summed E-state index contributed by atoms with van der Waals surface area (Å²) in [4.78, 5) is 39.5. The maximum absolute atomic E-state index is 13.0. The smallest absolute Gasteiger partial charge is 0.233 e. The van der Waals surface area contributed by atoms with Gasteiger partial charge in [0.05, 0.1) is 20.1 Å². The molecule has 1 atom stereocenters. The van der Waals surface area contributed by atoms with Gasteiger partial charge in [0.25, 0.3) is 0 Å². The van der Waals surface area contributed by atoms with Crippen LogP contribution in [0.2, 0.25) is 0 Å². The molecule has 0 unspecified atom stereocenters. The van der Waals surface area contributed by atoms with Crippen LogP contribution >= 0.6 is 0 Å². The first-order chi connectivity index (χ1) is 16.0. The number of carbonyl (C=O) groups is 2. The number of nitrogens with zero attached hydrogens (tertiary/aromatic N) is 4. The van der Waals surface area contributed by atoms with Crippen LogP contribution in [0.15, 0.2) is 24.3 Å². The first-order valence-electron chi connectivity index (χ1n) is 12.1. The molecule has 3 heterocycles. The number of aromatic nitrogens is 2. The quantitative estimate of drug-likeness (QED) is 0.696. The minimum Gasteiger partial charge on any atom is -0.496 e. The number of amides is 2. The lowest BCUT2D eigenvalue weighted by molar-refractivity contribution is -0.136. The average molecular weight is 449 g/mol. The molecule has 0 spiro atoms. The Balaban J connectivity index is 1.40. The van der Waals surface area contributed by atoms with Gasteiger partial charge in [-0.15, -0.1) is 0 Å². The number of benzene rings is 1. The summed E-state index contributed by atoms with van der Waals surface area (Å²) in [5, 5.41) is 0. The van der Waals surface area contributed by atoms with E-state index in [0.717, 1.165) is 73.5 Å². The number of ether oxygens (including phenoxy) is 1. The highest BCUT2D eigenvalue weighted by atomic mass is 16.5. The zero-order chi connectivity index (χ0) is 22.9. The number of methoxy groups -OCH3 is 1. The molecule has 33 heavy (non-hydrogen) atoms. The second-order valence-electron chi connectivity index (χ2n) is 9.54. The maximum Gasteiger partial charge on any atom is 0.233 e. The van der Waals surface area contributed by atoms with E-state index < -0.39 is 0 Å². The fraction of sp³-hybridized carbons (Fsp3) is 0.538. The molecule has 2 aliphatic heterocycles. The molecule has 2 amide bonds. The SMILES string of the molecule is COc1ccccc1CN1C(=O)Cc2c(C)nc([C@H]3CCCN(C(=O)C4CCCC4)C3)nc21. The van der Waals surface area contributed by atoms with E-state index >= 15 is 0 Å². The molecular formula is C26H32N4O3.